The van der Waals surface area contributed by atoms with Gasteiger partial charge in [0.05, 0.1) is 12.4 Å². The zero-order valence-corrected chi connectivity index (χ0v) is 18.7. The van der Waals surface area contributed by atoms with E-state index in [0.717, 1.165) is 16.3 Å². The van der Waals surface area contributed by atoms with Crippen LogP contribution in [0.3, 0.4) is 0 Å². The molecule has 160 valence electrons. The van der Waals surface area contributed by atoms with Crippen LogP contribution in [0.5, 0.6) is 0 Å². The first-order chi connectivity index (χ1) is 18.9. The number of rotatable bonds is 1. The van der Waals surface area contributed by atoms with Gasteiger partial charge >= 0.3 is 0 Å². The number of benzene rings is 3. The molecule has 0 bridgehead atoms. The normalized spacial score (nSPS) is 21.8. The molecule has 0 N–H and O–H groups in total. The first-order valence-corrected chi connectivity index (χ1v) is 10.9. The molecule has 0 unspecified atom stereocenters. The Bertz CT molecular complexity index is 1880. The summed E-state index contributed by atoms with van der Waals surface area (Å²) in [4.78, 5) is 0. The van der Waals surface area contributed by atoms with Gasteiger partial charge in [0.1, 0.15) is 5.52 Å². The van der Waals surface area contributed by atoms with Crippen LogP contribution in [-0.2, 0) is 17.9 Å². The molecule has 2 aromatic heterocycles. The Morgan fingerprint density at radius 1 is 0.844 bits per heavy atom. The Labute approximate surface area is 202 Å². The Morgan fingerprint density at radius 2 is 1.62 bits per heavy atom. The number of aryl methyl sites for hydroxylation is 3. The van der Waals surface area contributed by atoms with Gasteiger partial charge in [0.15, 0.2) is 11.4 Å². The summed E-state index contributed by atoms with van der Waals surface area (Å²) >= 11 is 0. The maximum atomic E-state index is 8.96. The van der Waals surface area contributed by atoms with Gasteiger partial charge in [0.25, 0.3) is 5.65 Å². The molecule has 3 heterocycles. The van der Waals surface area contributed by atoms with Gasteiger partial charge in [-0.2, -0.15) is 4.40 Å². The van der Waals surface area contributed by atoms with Crippen molar-refractivity contribution < 1.29 is 16.9 Å². The van der Waals surface area contributed by atoms with Crippen molar-refractivity contribution in [3.05, 3.63) is 83.0 Å². The van der Waals surface area contributed by atoms with Gasteiger partial charge in [-0.05, 0) is 24.9 Å². The van der Waals surface area contributed by atoms with E-state index in [1.807, 2.05) is 67.1 Å². The van der Waals surface area contributed by atoms with Gasteiger partial charge in [-0.15, -0.1) is 0 Å². The smallest absolute Gasteiger partial charge is 0.225 e. The van der Waals surface area contributed by atoms with E-state index in [9.17, 15) is 0 Å². The fourth-order valence-electron chi connectivity index (χ4n) is 5.67. The summed E-state index contributed by atoms with van der Waals surface area (Å²) in [7, 11) is 1.83. The molecule has 32 heavy (non-hydrogen) atoms. The fraction of sp³-hybridized carbons (Fsp3) is 0.300. The number of fused-ring (bicyclic) bond motifs is 3. The summed E-state index contributed by atoms with van der Waals surface area (Å²) in [6.45, 7) is -3.13. The van der Waals surface area contributed by atoms with Crippen LogP contribution in [0.2, 0.25) is 0 Å². The van der Waals surface area contributed by atoms with Crippen LogP contribution in [0, 0.1) is 13.8 Å². The molecule has 1 aliphatic rings. The zero-order valence-electron chi connectivity index (χ0n) is 27.7. The van der Waals surface area contributed by atoms with E-state index >= 15 is 0 Å². The minimum atomic E-state index is -2.97. The molecule has 0 atom stereocenters. The van der Waals surface area contributed by atoms with E-state index in [-0.39, 0.29) is 11.3 Å². The first kappa shape index (κ1) is 12.2. The van der Waals surface area contributed by atoms with E-state index in [2.05, 4.69) is 0 Å². The standard InChI is InChI=1S/C30H31N2/c1-18-12-11-15-21-23-19(2)16-17-22-26(23)32-27(30(5,6)29(22,3)4)25(20-13-9-8-10-14-20)31(7)28(32)24(18)21/h8-17H,1-7H3/q+1/i2D3,5D3,6D3. The van der Waals surface area contributed by atoms with Crippen LogP contribution in [0.15, 0.2) is 60.7 Å². The number of nitrogens with zero attached hydrogens (tertiary/aromatic N) is 2. The Kier molecular flexibility index (Phi) is 2.29. The fourth-order valence-corrected chi connectivity index (χ4v) is 5.67. The summed E-state index contributed by atoms with van der Waals surface area (Å²) in [6, 6.07) is 18.1. The zero-order chi connectivity index (χ0) is 30.1. The predicted molar refractivity (Wildman–Crippen MR) is 135 cm³/mol. The third-order valence-corrected chi connectivity index (χ3v) is 7.49. The lowest BCUT2D eigenvalue weighted by atomic mass is 9.60. The predicted octanol–water partition coefficient (Wildman–Crippen LogP) is 6.92. The minimum Gasteiger partial charge on any atom is -0.225 e. The summed E-state index contributed by atoms with van der Waals surface area (Å²) in [5.41, 5.74) is 0.142. The number of imidazole rings is 1. The van der Waals surface area contributed by atoms with E-state index < -0.39 is 31.4 Å². The lowest BCUT2D eigenvalue weighted by Gasteiger charge is -2.43. The van der Waals surface area contributed by atoms with Crippen molar-refractivity contribution in [2.75, 3.05) is 0 Å². The van der Waals surface area contributed by atoms with Crippen molar-refractivity contribution in [2.45, 2.75) is 52.2 Å². The second kappa shape index (κ2) is 6.01. The van der Waals surface area contributed by atoms with Crippen LogP contribution in [0.4, 0.5) is 0 Å². The molecule has 1 aliphatic heterocycles. The number of pyridine rings is 1. The molecule has 6 rings (SSSR count). The van der Waals surface area contributed by atoms with Crippen LogP contribution in [0.1, 0.15) is 62.3 Å². The molecular weight excluding hydrogens is 388 g/mol. The Hall–Kier alpha value is -3.13. The van der Waals surface area contributed by atoms with Crippen LogP contribution in [-0.4, -0.2) is 4.40 Å². The van der Waals surface area contributed by atoms with Gasteiger partial charge in [-0.1, -0.05) is 88.2 Å². The van der Waals surface area contributed by atoms with Gasteiger partial charge in [-0.25, -0.2) is 4.57 Å². The van der Waals surface area contributed by atoms with Crippen LogP contribution >= 0.6 is 0 Å². The van der Waals surface area contributed by atoms with E-state index in [1.165, 1.54) is 6.07 Å². The van der Waals surface area contributed by atoms with Crippen LogP contribution in [0.25, 0.3) is 38.6 Å². The average Bonchev–Trinajstić information content (AvgIpc) is 3.14. The highest BCUT2D eigenvalue weighted by atomic mass is 15.1. The van der Waals surface area contributed by atoms with Gasteiger partial charge < -0.3 is 0 Å². The van der Waals surface area contributed by atoms with Crippen molar-refractivity contribution in [1.82, 2.24) is 4.40 Å². The molecule has 2 nitrogen and oxygen atoms in total. The van der Waals surface area contributed by atoms with Crippen molar-refractivity contribution in [3.8, 4) is 11.3 Å². The molecule has 0 amide bonds. The van der Waals surface area contributed by atoms with Gasteiger partial charge in [-0.3, -0.25) is 0 Å². The van der Waals surface area contributed by atoms with E-state index in [0.29, 0.717) is 33.4 Å². The number of hydrogen-bond donors (Lipinski definition) is 0. The maximum absolute atomic E-state index is 8.96. The van der Waals surface area contributed by atoms with E-state index in [4.69, 9.17) is 12.3 Å². The van der Waals surface area contributed by atoms with Crippen molar-refractivity contribution in [1.29, 1.82) is 0 Å². The lowest BCUT2D eigenvalue weighted by molar-refractivity contribution is -0.632. The van der Waals surface area contributed by atoms with Crippen LogP contribution < -0.4 is 4.57 Å². The highest BCUT2D eigenvalue weighted by molar-refractivity contribution is 6.15. The molecule has 0 saturated heterocycles. The summed E-state index contributed by atoms with van der Waals surface area (Å²) in [5.74, 6) is 0. The molecule has 0 spiro atoms. The van der Waals surface area contributed by atoms with E-state index in [1.54, 1.807) is 24.3 Å². The second-order valence-corrected chi connectivity index (χ2v) is 9.54. The molecule has 0 aliphatic carbocycles. The number of aromatic nitrogens is 2. The summed E-state index contributed by atoms with van der Waals surface area (Å²) in [5, 5.41) is 1.96. The van der Waals surface area contributed by atoms with Crippen molar-refractivity contribution >= 4 is 27.3 Å². The molecule has 5 aromatic rings. The largest absolute Gasteiger partial charge is 0.295 e. The topological polar surface area (TPSA) is 8.29 Å². The van der Waals surface area contributed by atoms with Gasteiger partial charge in [0.2, 0.25) is 0 Å². The third kappa shape index (κ3) is 2.09. The molecule has 3 aromatic carbocycles. The molecule has 0 saturated carbocycles. The van der Waals surface area contributed by atoms with Gasteiger partial charge in [0, 0.05) is 45.1 Å². The number of hydrogen-bond acceptors (Lipinski definition) is 0. The molecule has 0 radical (unpaired) electrons. The summed E-state index contributed by atoms with van der Waals surface area (Å²) < 4.78 is 82.7. The highest BCUT2D eigenvalue weighted by Crippen LogP contribution is 2.53. The molecular formula is C30H31N2+. The highest BCUT2D eigenvalue weighted by Gasteiger charge is 2.52. The van der Waals surface area contributed by atoms with Crippen molar-refractivity contribution in [3.63, 3.8) is 0 Å². The monoisotopic (exact) mass is 428 g/mol. The minimum absolute atomic E-state index is 0.142. The summed E-state index contributed by atoms with van der Waals surface area (Å²) in [6.07, 6.45) is 0. The maximum Gasteiger partial charge on any atom is 0.295 e. The average molecular weight is 429 g/mol. The Balaban J connectivity index is 2.11. The second-order valence-electron chi connectivity index (χ2n) is 9.54. The third-order valence-electron chi connectivity index (χ3n) is 7.49. The SMILES string of the molecule is [2H]C([2H])([2H])c1ccc2c3c1c1cccc(C)c1c1n3c(c(-c3ccccc3)[n+]1C)C(C([2H])([2H])[2H])(C([2H])([2H])[2H])C2(C)C. The molecule has 2 heteroatoms. The first-order valence-electron chi connectivity index (χ1n) is 15.4. The quantitative estimate of drug-likeness (QED) is 0.202. The lowest BCUT2D eigenvalue weighted by Crippen LogP contribution is -2.44. The molecule has 0 fully saturated rings. The van der Waals surface area contributed by atoms with Crippen molar-refractivity contribution in [2.24, 2.45) is 7.05 Å². The Morgan fingerprint density at radius 3 is 2.34 bits per heavy atom.